The summed E-state index contributed by atoms with van der Waals surface area (Å²) in [6.45, 7) is 8.39. The number of para-hydroxylation sites is 1. The Morgan fingerprint density at radius 2 is 1.67 bits per heavy atom. The van der Waals surface area contributed by atoms with Crippen molar-refractivity contribution in [1.29, 1.82) is 0 Å². The van der Waals surface area contributed by atoms with E-state index in [1.807, 2.05) is 23.1 Å². The van der Waals surface area contributed by atoms with E-state index in [9.17, 15) is 13.2 Å². The van der Waals surface area contributed by atoms with E-state index in [0.717, 1.165) is 30.6 Å². The van der Waals surface area contributed by atoms with Crippen LogP contribution in [-0.2, 0) is 27.9 Å². The predicted molar refractivity (Wildman–Crippen MR) is 133 cm³/mol. The van der Waals surface area contributed by atoms with Crippen LogP contribution >= 0.6 is 0 Å². The first-order chi connectivity index (χ1) is 15.6. The fourth-order valence-electron chi connectivity index (χ4n) is 5.70. The van der Waals surface area contributed by atoms with E-state index in [4.69, 9.17) is 0 Å². The van der Waals surface area contributed by atoms with Crippen LogP contribution in [0.4, 0.5) is 5.69 Å². The highest BCUT2D eigenvalue weighted by Crippen LogP contribution is 2.33. The van der Waals surface area contributed by atoms with E-state index in [2.05, 4.69) is 43.0 Å². The lowest BCUT2D eigenvalue weighted by Gasteiger charge is -2.32. The third-order valence-electron chi connectivity index (χ3n) is 6.83. The van der Waals surface area contributed by atoms with Crippen LogP contribution in [0.15, 0.2) is 42.5 Å². The first-order valence-electron chi connectivity index (χ1n) is 11.8. The molecule has 33 heavy (non-hydrogen) atoms. The van der Waals surface area contributed by atoms with Gasteiger partial charge < -0.3 is 4.90 Å². The van der Waals surface area contributed by atoms with E-state index in [1.165, 1.54) is 22.9 Å². The molecule has 0 N–H and O–H groups in total. The zero-order valence-electron chi connectivity index (χ0n) is 20.1. The van der Waals surface area contributed by atoms with Gasteiger partial charge in [0.1, 0.15) is 0 Å². The average molecular weight is 470 g/mol. The number of hydrogen-bond donors (Lipinski definition) is 0. The maximum atomic E-state index is 12.8. The molecule has 0 aromatic heterocycles. The molecule has 1 amide bonds. The number of anilines is 1. The van der Waals surface area contributed by atoms with Crippen molar-refractivity contribution < 1.29 is 13.2 Å². The number of carbonyl (C=O) groups excluding carboxylic acids is 1. The molecule has 2 atom stereocenters. The molecule has 1 saturated heterocycles. The molecule has 0 unspecified atom stereocenters. The molecular formula is C26H35N3O3S. The third kappa shape index (κ3) is 5.48. The van der Waals surface area contributed by atoms with Gasteiger partial charge in [-0.25, -0.2) is 8.42 Å². The molecule has 2 bridgehead atoms. The minimum absolute atomic E-state index is 0.0111. The van der Waals surface area contributed by atoms with Crippen LogP contribution < -0.4 is 4.90 Å². The van der Waals surface area contributed by atoms with Gasteiger partial charge in [0, 0.05) is 50.9 Å². The molecule has 2 aromatic carbocycles. The van der Waals surface area contributed by atoms with E-state index >= 15 is 0 Å². The van der Waals surface area contributed by atoms with Gasteiger partial charge in [0.25, 0.3) is 0 Å². The van der Waals surface area contributed by atoms with Crippen LogP contribution in [0.25, 0.3) is 0 Å². The number of fused-ring (bicyclic) bond motifs is 3. The Balaban J connectivity index is 1.76. The Hall–Kier alpha value is -2.22. The summed E-state index contributed by atoms with van der Waals surface area (Å²) in [6.07, 6.45) is 3.66. The maximum absolute atomic E-state index is 12.8. The van der Waals surface area contributed by atoms with Crippen molar-refractivity contribution in [2.75, 3.05) is 24.2 Å². The Bertz CT molecular complexity index is 1110. The fraction of sp³-hybridized carbons (Fsp3) is 0.500. The van der Waals surface area contributed by atoms with Crippen molar-refractivity contribution in [3.05, 3.63) is 64.7 Å². The van der Waals surface area contributed by atoms with Gasteiger partial charge in [0.15, 0.2) is 0 Å². The van der Waals surface area contributed by atoms with E-state index in [-0.39, 0.29) is 18.0 Å². The average Bonchev–Trinajstić information content (AvgIpc) is 3.09. The van der Waals surface area contributed by atoms with Gasteiger partial charge in [0.05, 0.1) is 6.26 Å². The molecule has 178 valence electrons. The van der Waals surface area contributed by atoms with Crippen molar-refractivity contribution in [3.8, 4) is 0 Å². The SMILES string of the molecule is CC(=O)N1CC[C@H]2CC[C@@H](CN(Cc3cc(C)cc(C)c3)Cc3ccccc31)N2S(C)(=O)=O. The highest BCUT2D eigenvalue weighted by Gasteiger charge is 2.40. The third-order valence-corrected chi connectivity index (χ3v) is 8.20. The van der Waals surface area contributed by atoms with Gasteiger partial charge in [-0.1, -0.05) is 47.5 Å². The summed E-state index contributed by atoms with van der Waals surface area (Å²) in [5.74, 6) is -0.0111. The Kier molecular flexibility index (Phi) is 6.93. The molecule has 2 heterocycles. The van der Waals surface area contributed by atoms with Crippen molar-refractivity contribution >= 4 is 21.6 Å². The molecule has 0 saturated carbocycles. The van der Waals surface area contributed by atoms with Gasteiger partial charge in [0.2, 0.25) is 15.9 Å². The van der Waals surface area contributed by atoms with Crippen LogP contribution in [0.2, 0.25) is 0 Å². The molecule has 4 rings (SSSR count). The summed E-state index contributed by atoms with van der Waals surface area (Å²) in [7, 11) is -3.35. The Morgan fingerprint density at radius 1 is 1.00 bits per heavy atom. The smallest absolute Gasteiger partial charge is 0.223 e. The van der Waals surface area contributed by atoms with Crippen molar-refractivity contribution in [1.82, 2.24) is 9.21 Å². The predicted octanol–water partition coefficient (Wildman–Crippen LogP) is 3.85. The second-order valence-corrected chi connectivity index (χ2v) is 11.6. The minimum Gasteiger partial charge on any atom is -0.312 e. The number of aryl methyl sites for hydroxylation is 2. The zero-order valence-corrected chi connectivity index (χ0v) is 20.9. The molecule has 1 fully saturated rings. The number of carbonyl (C=O) groups is 1. The summed E-state index contributed by atoms with van der Waals surface area (Å²) < 4.78 is 27.4. The normalized spacial score (nSPS) is 22.6. The lowest BCUT2D eigenvalue weighted by molar-refractivity contribution is -0.116. The summed E-state index contributed by atoms with van der Waals surface area (Å²) >= 11 is 0. The molecule has 6 nitrogen and oxygen atoms in total. The molecule has 0 spiro atoms. The van der Waals surface area contributed by atoms with Gasteiger partial charge in [-0.15, -0.1) is 0 Å². The Labute approximate surface area is 198 Å². The lowest BCUT2D eigenvalue weighted by atomic mass is 10.0. The van der Waals surface area contributed by atoms with Gasteiger partial charge >= 0.3 is 0 Å². The lowest BCUT2D eigenvalue weighted by Crippen LogP contribution is -2.46. The zero-order chi connectivity index (χ0) is 23.8. The van der Waals surface area contributed by atoms with Crippen LogP contribution in [0.1, 0.15) is 48.4 Å². The van der Waals surface area contributed by atoms with Gasteiger partial charge in [-0.3, -0.25) is 9.69 Å². The molecule has 0 aliphatic carbocycles. The van der Waals surface area contributed by atoms with Crippen molar-refractivity contribution in [2.45, 2.75) is 65.2 Å². The van der Waals surface area contributed by atoms with Gasteiger partial charge in [-0.05, 0) is 50.3 Å². The van der Waals surface area contributed by atoms with Crippen LogP contribution in [0.3, 0.4) is 0 Å². The van der Waals surface area contributed by atoms with E-state index < -0.39 is 10.0 Å². The Morgan fingerprint density at radius 3 is 2.33 bits per heavy atom. The monoisotopic (exact) mass is 469 g/mol. The van der Waals surface area contributed by atoms with E-state index in [0.29, 0.717) is 26.1 Å². The molecule has 2 aromatic rings. The second kappa shape index (κ2) is 9.57. The fourth-order valence-corrected chi connectivity index (χ4v) is 7.16. The van der Waals surface area contributed by atoms with E-state index in [1.54, 1.807) is 11.2 Å². The molecule has 2 aliphatic rings. The number of nitrogens with zero attached hydrogens (tertiary/aromatic N) is 3. The maximum Gasteiger partial charge on any atom is 0.223 e. The number of sulfonamides is 1. The molecule has 7 heteroatoms. The number of benzene rings is 2. The second-order valence-electron chi connectivity index (χ2n) is 9.73. The highest BCUT2D eigenvalue weighted by atomic mass is 32.2. The van der Waals surface area contributed by atoms with Gasteiger partial charge in [-0.2, -0.15) is 4.31 Å². The molecular weight excluding hydrogens is 434 g/mol. The quantitative estimate of drug-likeness (QED) is 0.685. The summed E-state index contributed by atoms with van der Waals surface area (Å²) in [6, 6.07) is 14.5. The molecule has 2 aliphatic heterocycles. The number of amides is 1. The van der Waals surface area contributed by atoms with Crippen LogP contribution in [-0.4, -0.2) is 55.0 Å². The summed E-state index contributed by atoms with van der Waals surface area (Å²) in [5, 5.41) is 0. The minimum atomic E-state index is -3.35. The standard InChI is InChI=1S/C26H35N3O3S/c1-19-13-20(2)15-22(14-19)16-27-17-23-7-5-6-8-26(23)28(21(3)30)12-11-24-9-10-25(18-27)29(24)33(4,31)32/h5-8,13-15,24-25H,9-12,16-18H2,1-4H3/t24-,25+/m1/s1. The number of rotatable bonds is 3. The summed E-state index contributed by atoms with van der Waals surface area (Å²) in [5.41, 5.74) is 5.71. The van der Waals surface area contributed by atoms with Crippen molar-refractivity contribution in [3.63, 3.8) is 0 Å². The van der Waals surface area contributed by atoms with Crippen molar-refractivity contribution in [2.24, 2.45) is 0 Å². The highest BCUT2D eigenvalue weighted by molar-refractivity contribution is 7.88. The van der Waals surface area contributed by atoms with Crippen LogP contribution in [0.5, 0.6) is 0 Å². The largest absolute Gasteiger partial charge is 0.312 e. The van der Waals surface area contributed by atoms with Crippen LogP contribution in [0, 0.1) is 13.8 Å². The first-order valence-corrected chi connectivity index (χ1v) is 13.6. The topological polar surface area (TPSA) is 60.9 Å². The number of hydrogen-bond acceptors (Lipinski definition) is 4. The summed E-state index contributed by atoms with van der Waals surface area (Å²) in [4.78, 5) is 16.8. The molecule has 0 radical (unpaired) electrons. The first kappa shape index (κ1) is 23.9.